The standard InChI is InChI=1S/C11H11F2N3O/c1-2-10-15-11(17-16-10)6-14-9-5-7(12)3-4-8(9)13/h3-5,14H,2,6H2,1H3. The maximum atomic E-state index is 13.2. The van der Waals surface area contributed by atoms with Crippen molar-refractivity contribution in [3.63, 3.8) is 0 Å². The van der Waals surface area contributed by atoms with E-state index in [4.69, 9.17) is 4.52 Å². The highest BCUT2D eigenvalue weighted by Gasteiger charge is 2.07. The Morgan fingerprint density at radius 3 is 2.88 bits per heavy atom. The number of hydrogen-bond donors (Lipinski definition) is 1. The van der Waals surface area contributed by atoms with Crippen LogP contribution in [-0.2, 0) is 13.0 Å². The molecule has 0 aliphatic heterocycles. The van der Waals surface area contributed by atoms with E-state index in [2.05, 4.69) is 15.5 Å². The van der Waals surface area contributed by atoms with Crippen molar-refractivity contribution in [3.8, 4) is 0 Å². The third kappa shape index (κ3) is 2.77. The molecule has 2 rings (SSSR count). The highest BCUT2D eigenvalue weighted by atomic mass is 19.1. The van der Waals surface area contributed by atoms with Crippen LogP contribution in [0, 0.1) is 11.6 Å². The quantitative estimate of drug-likeness (QED) is 0.890. The Morgan fingerprint density at radius 1 is 1.35 bits per heavy atom. The van der Waals surface area contributed by atoms with Crippen molar-refractivity contribution in [1.29, 1.82) is 0 Å². The summed E-state index contributed by atoms with van der Waals surface area (Å²) in [5.41, 5.74) is 0.0706. The third-order valence-electron chi connectivity index (χ3n) is 2.18. The highest BCUT2D eigenvalue weighted by Crippen LogP contribution is 2.15. The van der Waals surface area contributed by atoms with Crippen LogP contribution in [-0.4, -0.2) is 10.1 Å². The van der Waals surface area contributed by atoms with E-state index in [0.717, 1.165) is 18.2 Å². The largest absolute Gasteiger partial charge is 0.374 e. The number of aryl methyl sites for hydroxylation is 1. The predicted molar refractivity (Wildman–Crippen MR) is 57.4 cm³/mol. The van der Waals surface area contributed by atoms with Gasteiger partial charge in [-0.15, -0.1) is 0 Å². The first-order valence-electron chi connectivity index (χ1n) is 5.19. The summed E-state index contributed by atoms with van der Waals surface area (Å²) in [5, 5.41) is 6.39. The van der Waals surface area contributed by atoms with E-state index in [1.165, 1.54) is 0 Å². The second kappa shape index (κ2) is 4.90. The van der Waals surface area contributed by atoms with E-state index in [1.54, 1.807) is 0 Å². The topological polar surface area (TPSA) is 51.0 Å². The molecule has 0 bridgehead atoms. The van der Waals surface area contributed by atoms with E-state index in [1.807, 2.05) is 6.92 Å². The molecular weight excluding hydrogens is 228 g/mol. The molecule has 0 aliphatic rings. The van der Waals surface area contributed by atoms with Crippen LogP contribution in [0.1, 0.15) is 18.6 Å². The summed E-state index contributed by atoms with van der Waals surface area (Å²) in [7, 11) is 0. The summed E-state index contributed by atoms with van der Waals surface area (Å²) in [5.74, 6) is -0.109. The van der Waals surface area contributed by atoms with Crippen LogP contribution in [0.25, 0.3) is 0 Å². The number of benzene rings is 1. The first-order chi connectivity index (χ1) is 8.19. The lowest BCUT2D eigenvalue weighted by molar-refractivity contribution is 0.378. The number of halogens is 2. The van der Waals surface area contributed by atoms with Crippen LogP contribution in [0.15, 0.2) is 22.7 Å². The molecule has 0 radical (unpaired) electrons. The molecule has 1 heterocycles. The first kappa shape index (κ1) is 11.5. The van der Waals surface area contributed by atoms with Crippen LogP contribution in [0.5, 0.6) is 0 Å². The van der Waals surface area contributed by atoms with Gasteiger partial charge in [0.15, 0.2) is 5.82 Å². The number of nitrogens with one attached hydrogen (secondary N) is 1. The van der Waals surface area contributed by atoms with E-state index in [-0.39, 0.29) is 12.2 Å². The lowest BCUT2D eigenvalue weighted by atomic mass is 10.3. The normalized spacial score (nSPS) is 10.5. The number of rotatable bonds is 4. The van der Waals surface area contributed by atoms with Gasteiger partial charge in [-0.3, -0.25) is 0 Å². The zero-order chi connectivity index (χ0) is 12.3. The van der Waals surface area contributed by atoms with Gasteiger partial charge in [0.1, 0.15) is 11.6 Å². The third-order valence-corrected chi connectivity index (χ3v) is 2.18. The van der Waals surface area contributed by atoms with Crippen molar-refractivity contribution < 1.29 is 13.3 Å². The molecule has 0 aliphatic carbocycles. The predicted octanol–water partition coefficient (Wildman–Crippen LogP) is 2.52. The molecule has 0 saturated carbocycles. The van der Waals surface area contributed by atoms with E-state index < -0.39 is 11.6 Å². The number of hydrogen-bond acceptors (Lipinski definition) is 4. The average molecular weight is 239 g/mol. The van der Waals surface area contributed by atoms with Gasteiger partial charge in [0.25, 0.3) is 0 Å². The number of anilines is 1. The van der Waals surface area contributed by atoms with Gasteiger partial charge in [0.2, 0.25) is 5.89 Å². The average Bonchev–Trinajstić information content (AvgIpc) is 2.78. The molecule has 0 spiro atoms. The molecule has 0 atom stereocenters. The Labute approximate surface area is 96.6 Å². The minimum Gasteiger partial charge on any atom is -0.374 e. The zero-order valence-electron chi connectivity index (χ0n) is 9.20. The molecule has 1 aromatic carbocycles. The summed E-state index contributed by atoms with van der Waals surface area (Å²) in [6.45, 7) is 2.06. The molecule has 1 aromatic heterocycles. The summed E-state index contributed by atoms with van der Waals surface area (Å²) in [6.07, 6.45) is 0.665. The highest BCUT2D eigenvalue weighted by molar-refractivity contribution is 5.44. The number of aromatic nitrogens is 2. The molecule has 2 aromatic rings. The van der Waals surface area contributed by atoms with Crippen LogP contribution in [0.3, 0.4) is 0 Å². The Bertz CT molecular complexity index is 513. The van der Waals surface area contributed by atoms with E-state index >= 15 is 0 Å². The zero-order valence-corrected chi connectivity index (χ0v) is 9.20. The number of nitrogens with zero attached hydrogens (tertiary/aromatic N) is 2. The van der Waals surface area contributed by atoms with Gasteiger partial charge >= 0.3 is 0 Å². The lowest BCUT2D eigenvalue weighted by Gasteiger charge is -2.04. The van der Waals surface area contributed by atoms with Gasteiger partial charge in [0.05, 0.1) is 12.2 Å². The maximum absolute atomic E-state index is 13.2. The van der Waals surface area contributed by atoms with Crippen molar-refractivity contribution in [2.45, 2.75) is 19.9 Å². The van der Waals surface area contributed by atoms with E-state index in [9.17, 15) is 8.78 Å². The maximum Gasteiger partial charge on any atom is 0.245 e. The van der Waals surface area contributed by atoms with Crippen LogP contribution in [0.2, 0.25) is 0 Å². The van der Waals surface area contributed by atoms with Crippen molar-refractivity contribution in [3.05, 3.63) is 41.5 Å². The Kier molecular flexibility index (Phi) is 3.32. The van der Waals surface area contributed by atoms with Gasteiger partial charge in [-0.1, -0.05) is 12.1 Å². The fourth-order valence-corrected chi connectivity index (χ4v) is 1.31. The lowest BCUT2D eigenvalue weighted by Crippen LogP contribution is -2.02. The van der Waals surface area contributed by atoms with E-state index in [0.29, 0.717) is 18.1 Å². The molecule has 17 heavy (non-hydrogen) atoms. The van der Waals surface area contributed by atoms with Gasteiger partial charge in [0, 0.05) is 6.42 Å². The first-order valence-corrected chi connectivity index (χ1v) is 5.19. The van der Waals surface area contributed by atoms with Gasteiger partial charge in [-0.2, -0.15) is 4.98 Å². The Morgan fingerprint density at radius 2 is 2.18 bits per heavy atom. The van der Waals surface area contributed by atoms with Crippen molar-refractivity contribution in [1.82, 2.24) is 10.1 Å². The summed E-state index contributed by atoms with van der Waals surface area (Å²) < 4.78 is 31.0. The molecule has 0 fully saturated rings. The van der Waals surface area contributed by atoms with Gasteiger partial charge in [-0.05, 0) is 18.2 Å². The Balaban J connectivity index is 2.04. The second-order valence-corrected chi connectivity index (χ2v) is 3.44. The van der Waals surface area contributed by atoms with Crippen molar-refractivity contribution in [2.75, 3.05) is 5.32 Å². The molecule has 6 heteroatoms. The molecule has 1 N–H and O–H groups in total. The van der Waals surface area contributed by atoms with Gasteiger partial charge in [-0.25, -0.2) is 8.78 Å². The molecule has 0 saturated heterocycles. The summed E-state index contributed by atoms with van der Waals surface area (Å²) in [4.78, 5) is 4.04. The monoisotopic (exact) mass is 239 g/mol. The minimum atomic E-state index is -0.526. The van der Waals surface area contributed by atoms with Crippen LogP contribution >= 0.6 is 0 Å². The molecule has 0 unspecified atom stereocenters. The minimum absolute atomic E-state index is 0.0706. The smallest absolute Gasteiger partial charge is 0.245 e. The molecular formula is C11H11F2N3O. The second-order valence-electron chi connectivity index (χ2n) is 3.44. The summed E-state index contributed by atoms with van der Waals surface area (Å²) in [6, 6.07) is 3.19. The SMILES string of the molecule is CCc1noc(CNc2cc(F)ccc2F)n1. The molecule has 0 amide bonds. The fourth-order valence-electron chi connectivity index (χ4n) is 1.31. The van der Waals surface area contributed by atoms with Crippen molar-refractivity contribution >= 4 is 5.69 Å². The van der Waals surface area contributed by atoms with Crippen LogP contribution < -0.4 is 5.32 Å². The molecule has 90 valence electrons. The summed E-state index contributed by atoms with van der Waals surface area (Å²) >= 11 is 0. The molecule has 4 nitrogen and oxygen atoms in total. The van der Waals surface area contributed by atoms with Crippen LogP contribution in [0.4, 0.5) is 14.5 Å². The Hall–Kier alpha value is -1.98. The van der Waals surface area contributed by atoms with Crippen molar-refractivity contribution in [2.24, 2.45) is 0 Å². The fraction of sp³-hybridized carbons (Fsp3) is 0.273. The van der Waals surface area contributed by atoms with Gasteiger partial charge < -0.3 is 9.84 Å².